The zero-order valence-electron chi connectivity index (χ0n) is 11.5. The third kappa shape index (κ3) is 2.99. The molecule has 0 atom stereocenters. The zero-order valence-corrected chi connectivity index (χ0v) is 12.2. The van der Waals surface area contributed by atoms with E-state index >= 15 is 0 Å². The van der Waals surface area contributed by atoms with E-state index in [1.54, 1.807) is 0 Å². The molecule has 21 heavy (non-hydrogen) atoms. The Kier molecular flexibility index (Phi) is 4.04. The van der Waals surface area contributed by atoms with Gasteiger partial charge >= 0.3 is 0 Å². The molecule has 0 saturated heterocycles. The molecule has 0 bridgehead atoms. The van der Waals surface area contributed by atoms with Crippen LogP contribution in [0.4, 0.5) is 4.39 Å². The highest BCUT2D eigenvalue weighted by Crippen LogP contribution is 2.22. The van der Waals surface area contributed by atoms with Crippen molar-refractivity contribution in [2.24, 2.45) is 0 Å². The van der Waals surface area contributed by atoms with Gasteiger partial charge in [0, 0.05) is 23.6 Å². The molecule has 3 rings (SSSR count). The lowest BCUT2D eigenvalue weighted by Crippen LogP contribution is -2.25. The van der Waals surface area contributed by atoms with Crippen molar-refractivity contribution < 1.29 is 9.18 Å². The zero-order chi connectivity index (χ0) is 14.8. The van der Waals surface area contributed by atoms with Crippen LogP contribution >= 0.6 is 11.6 Å². The molecule has 0 saturated carbocycles. The second-order valence-corrected chi connectivity index (χ2v) is 5.64. The lowest BCUT2D eigenvalue weighted by molar-refractivity contribution is 0.0990. The molecule has 0 radical (unpaired) electrons. The van der Waals surface area contributed by atoms with Gasteiger partial charge in [-0.25, -0.2) is 4.39 Å². The van der Waals surface area contributed by atoms with E-state index in [4.69, 9.17) is 11.6 Å². The third-order valence-electron chi connectivity index (χ3n) is 3.80. The van der Waals surface area contributed by atoms with Crippen LogP contribution in [0.2, 0.25) is 5.02 Å². The van der Waals surface area contributed by atoms with Gasteiger partial charge in [0.05, 0.1) is 0 Å². The highest BCUT2D eigenvalue weighted by atomic mass is 35.5. The Morgan fingerprint density at radius 2 is 2.14 bits per heavy atom. The molecule has 2 aromatic rings. The maximum absolute atomic E-state index is 13.8. The number of fused-ring (bicyclic) bond motifs is 1. The van der Waals surface area contributed by atoms with Crippen molar-refractivity contribution in [3.63, 3.8) is 0 Å². The van der Waals surface area contributed by atoms with E-state index in [0.29, 0.717) is 16.1 Å². The van der Waals surface area contributed by atoms with Gasteiger partial charge in [-0.1, -0.05) is 29.8 Å². The molecular weight excluding hydrogens is 289 g/mol. The molecule has 2 nitrogen and oxygen atoms in total. The van der Waals surface area contributed by atoms with Crippen LogP contribution in [-0.4, -0.2) is 12.3 Å². The fourth-order valence-electron chi connectivity index (χ4n) is 2.74. The van der Waals surface area contributed by atoms with E-state index in [-0.39, 0.29) is 18.0 Å². The highest BCUT2D eigenvalue weighted by molar-refractivity contribution is 6.30. The molecule has 108 valence electrons. The van der Waals surface area contributed by atoms with Crippen LogP contribution < -0.4 is 5.32 Å². The minimum Gasteiger partial charge on any atom is -0.312 e. The molecule has 0 aromatic heterocycles. The van der Waals surface area contributed by atoms with Gasteiger partial charge in [-0.05, 0) is 47.9 Å². The largest absolute Gasteiger partial charge is 0.312 e. The minimum atomic E-state index is -0.390. The molecule has 0 aliphatic carbocycles. The lowest BCUT2D eigenvalue weighted by atomic mass is 9.91. The standard InChI is InChI=1S/C17H15ClFNO/c18-13-4-5-16(19)12(8-13)9-17(21)15-3-1-2-11-10-20-7-6-14(11)15/h1-5,8,20H,6-7,9-10H2. The van der Waals surface area contributed by atoms with Gasteiger partial charge in [0.1, 0.15) is 5.82 Å². The molecule has 4 heteroatoms. The van der Waals surface area contributed by atoms with Crippen molar-refractivity contribution in [1.29, 1.82) is 0 Å². The SMILES string of the molecule is O=C(Cc1cc(Cl)ccc1F)c1cccc2c1CCNC2. The van der Waals surface area contributed by atoms with Crippen molar-refractivity contribution in [3.05, 3.63) is 69.5 Å². The number of carbonyl (C=O) groups is 1. The second kappa shape index (κ2) is 5.96. The Balaban J connectivity index is 1.91. The number of benzene rings is 2. The molecule has 1 N–H and O–H groups in total. The van der Waals surface area contributed by atoms with E-state index in [0.717, 1.165) is 30.6 Å². The third-order valence-corrected chi connectivity index (χ3v) is 4.03. The van der Waals surface area contributed by atoms with Gasteiger partial charge in [-0.15, -0.1) is 0 Å². The fraction of sp³-hybridized carbons (Fsp3) is 0.235. The summed E-state index contributed by atoms with van der Waals surface area (Å²) in [5.41, 5.74) is 3.29. The summed E-state index contributed by atoms with van der Waals surface area (Å²) in [7, 11) is 0. The summed E-state index contributed by atoms with van der Waals surface area (Å²) in [6.07, 6.45) is 0.867. The monoisotopic (exact) mass is 303 g/mol. The predicted molar refractivity (Wildman–Crippen MR) is 81.3 cm³/mol. The minimum absolute atomic E-state index is 0.0380. The fourth-order valence-corrected chi connectivity index (χ4v) is 2.93. The maximum atomic E-state index is 13.8. The quantitative estimate of drug-likeness (QED) is 0.879. The molecule has 0 unspecified atom stereocenters. The van der Waals surface area contributed by atoms with Crippen LogP contribution in [-0.2, 0) is 19.4 Å². The van der Waals surface area contributed by atoms with E-state index < -0.39 is 0 Å². The first-order valence-electron chi connectivity index (χ1n) is 6.94. The smallest absolute Gasteiger partial charge is 0.167 e. The first-order valence-corrected chi connectivity index (χ1v) is 7.31. The molecule has 1 heterocycles. The molecule has 1 aliphatic rings. The lowest BCUT2D eigenvalue weighted by Gasteiger charge is -2.19. The van der Waals surface area contributed by atoms with Crippen LogP contribution in [0.1, 0.15) is 27.0 Å². The second-order valence-electron chi connectivity index (χ2n) is 5.21. The Morgan fingerprint density at radius 1 is 1.29 bits per heavy atom. The summed E-state index contributed by atoms with van der Waals surface area (Å²) < 4.78 is 13.8. The van der Waals surface area contributed by atoms with Crippen LogP contribution in [0.3, 0.4) is 0 Å². The summed E-state index contributed by atoms with van der Waals surface area (Å²) in [6.45, 7) is 1.64. The maximum Gasteiger partial charge on any atom is 0.167 e. The summed E-state index contributed by atoms with van der Waals surface area (Å²) in [5, 5.41) is 3.73. The number of ketones is 1. The average Bonchev–Trinajstić information content (AvgIpc) is 2.50. The number of nitrogens with one attached hydrogen (secondary N) is 1. The Hall–Kier alpha value is -1.71. The molecule has 0 fully saturated rings. The van der Waals surface area contributed by atoms with Gasteiger partial charge in [-0.2, -0.15) is 0 Å². The van der Waals surface area contributed by atoms with Crippen LogP contribution in [0, 0.1) is 5.82 Å². The summed E-state index contributed by atoms with van der Waals surface area (Å²) in [4.78, 5) is 12.5. The molecule has 1 aliphatic heterocycles. The van der Waals surface area contributed by atoms with Gasteiger partial charge in [0.25, 0.3) is 0 Å². The topological polar surface area (TPSA) is 29.1 Å². The summed E-state index contributed by atoms with van der Waals surface area (Å²) in [5.74, 6) is -0.450. The van der Waals surface area contributed by atoms with Crippen LogP contribution in [0.15, 0.2) is 36.4 Å². The van der Waals surface area contributed by atoms with Gasteiger partial charge < -0.3 is 5.32 Å². The van der Waals surface area contributed by atoms with Crippen molar-refractivity contribution in [1.82, 2.24) is 5.32 Å². The Bertz CT molecular complexity index is 699. The molecular formula is C17H15ClFNO. The molecule has 2 aromatic carbocycles. The summed E-state index contributed by atoms with van der Waals surface area (Å²) in [6, 6.07) is 10.0. The molecule has 0 amide bonds. The van der Waals surface area contributed by atoms with Crippen molar-refractivity contribution >= 4 is 17.4 Å². The number of rotatable bonds is 3. The Morgan fingerprint density at radius 3 is 3.00 bits per heavy atom. The van der Waals surface area contributed by atoms with Crippen molar-refractivity contribution in [2.75, 3.05) is 6.54 Å². The van der Waals surface area contributed by atoms with E-state index in [2.05, 4.69) is 5.32 Å². The van der Waals surface area contributed by atoms with Crippen LogP contribution in [0.5, 0.6) is 0 Å². The van der Waals surface area contributed by atoms with E-state index in [1.807, 2.05) is 18.2 Å². The van der Waals surface area contributed by atoms with E-state index in [1.165, 1.54) is 18.2 Å². The van der Waals surface area contributed by atoms with Gasteiger partial charge in [0.2, 0.25) is 0 Å². The van der Waals surface area contributed by atoms with Gasteiger partial charge in [0.15, 0.2) is 5.78 Å². The van der Waals surface area contributed by atoms with E-state index in [9.17, 15) is 9.18 Å². The molecule has 0 spiro atoms. The highest BCUT2D eigenvalue weighted by Gasteiger charge is 2.18. The number of halogens is 2. The van der Waals surface area contributed by atoms with Gasteiger partial charge in [-0.3, -0.25) is 4.79 Å². The number of carbonyl (C=O) groups excluding carboxylic acids is 1. The summed E-state index contributed by atoms with van der Waals surface area (Å²) >= 11 is 5.88. The first-order chi connectivity index (χ1) is 10.1. The Labute approximate surface area is 127 Å². The normalized spacial score (nSPS) is 13.8. The number of hydrogen-bond acceptors (Lipinski definition) is 2. The van der Waals surface area contributed by atoms with Crippen molar-refractivity contribution in [3.8, 4) is 0 Å². The number of Topliss-reactive ketones (excluding diaryl/α,β-unsaturated/α-hetero) is 1. The first kappa shape index (κ1) is 14.2. The van der Waals surface area contributed by atoms with Crippen molar-refractivity contribution in [2.45, 2.75) is 19.4 Å². The number of hydrogen-bond donors (Lipinski definition) is 1. The average molecular weight is 304 g/mol. The van der Waals surface area contributed by atoms with Crippen LogP contribution in [0.25, 0.3) is 0 Å². The predicted octanol–water partition coefficient (Wildman–Crippen LogP) is 3.55.